The van der Waals surface area contributed by atoms with Crippen molar-refractivity contribution in [3.63, 3.8) is 0 Å². The number of amides is 1. The largest absolute Gasteiger partial charge is 0.460 e. The van der Waals surface area contributed by atoms with Gasteiger partial charge in [-0.15, -0.1) is 0 Å². The highest BCUT2D eigenvalue weighted by molar-refractivity contribution is 7.60. The highest BCUT2D eigenvalue weighted by Crippen LogP contribution is 2.62. The maximum Gasteiger partial charge on any atom is 0.460 e. The van der Waals surface area contributed by atoms with E-state index < -0.39 is 68.3 Å². The Kier molecular flexibility index (Phi) is 11.3. The summed E-state index contributed by atoms with van der Waals surface area (Å²) in [5.74, 6) is -51.9. The SMILES string of the molecule is CCN(CCNC(=O)C(F)(F)C(F)(F)C(F)(F)C(F)(F)C(F)(F)C(F)(F)C(F)(F)F)c1ccc(N=Nc2cccc(P(=O)(O)O)c2)cc1. The van der Waals surface area contributed by atoms with Gasteiger partial charge in [0.25, 0.3) is 5.91 Å². The Hall–Kier alpha value is -3.59. The second-order valence-electron chi connectivity index (χ2n) is 9.56. The molecule has 0 radical (unpaired) electrons. The van der Waals surface area contributed by atoms with E-state index in [0.29, 0.717) is 0 Å². The quantitative estimate of drug-likeness (QED) is 0.107. The molecule has 0 heterocycles. The van der Waals surface area contributed by atoms with Crippen molar-refractivity contribution in [1.82, 2.24) is 5.32 Å². The minimum Gasteiger partial charge on any atom is -0.370 e. The lowest BCUT2D eigenvalue weighted by Gasteiger charge is -2.41. The molecule has 0 fully saturated rings. The van der Waals surface area contributed by atoms with Crippen molar-refractivity contribution in [2.45, 2.75) is 48.6 Å². The molecule has 8 nitrogen and oxygen atoms in total. The monoisotopic (exact) mass is 744 g/mol. The van der Waals surface area contributed by atoms with Crippen LogP contribution in [-0.4, -0.2) is 77.0 Å². The average Bonchev–Trinajstić information content (AvgIpc) is 2.97. The van der Waals surface area contributed by atoms with Crippen LogP contribution in [0.2, 0.25) is 0 Å². The number of hydrogen-bond donors (Lipinski definition) is 3. The molecular weight excluding hydrogens is 724 g/mol. The fourth-order valence-corrected chi connectivity index (χ4v) is 4.16. The third-order valence-electron chi connectivity index (χ3n) is 6.32. The van der Waals surface area contributed by atoms with Crippen molar-refractivity contribution in [3.05, 3.63) is 48.5 Å². The van der Waals surface area contributed by atoms with Crippen molar-refractivity contribution in [1.29, 1.82) is 0 Å². The zero-order valence-corrected chi connectivity index (χ0v) is 24.3. The van der Waals surface area contributed by atoms with E-state index in [0.717, 1.165) is 17.4 Å². The summed E-state index contributed by atoms with van der Waals surface area (Å²) in [5.41, 5.74) is 0.385. The number of carbonyl (C=O) groups is 1. The third-order valence-corrected chi connectivity index (χ3v) is 7.27. The van der Waals surface area contributed by atoms with E-state index in [1.165, 1.54) is 48.2 Å². The normalized spacial score (nSPS) is 14.4. The molecule has 0 aliphatic rings. The first-order valence-electron chi connectivity index (χ1n) is 12.6. The van der Waals surface area contributed by atoms with Gasteiger partial charge in [-0.2, -0.15) is 76.1 Å². The van der Waals surface area contributed by atoms with E-state index in [9.17, 15) is 85.0 Å². The van der Waals surface area contributed by atoms with E-state index in [1.54, 1.807) is 0 Å². The Morgan fingerprint density at radius 3 is 1.69 bits per heavy atom. The standard InChI is InChI=1S/C24H20F15N4O4P/c1-2-43(15-8-6-13(7-9-15)41-42-14-4-3-5-16(12-14)48(45,46)47)11-10-40-17(44)18(25,26)19(27,28)20(29,30)21(31,32)22(33,34)23(35,36)24(37,38)39/h3-9,12H,2,10-11H2,1H3,(H,40,44)(H2,45,46,47). The van der Waals surface area contributed by atoms with Crippen LogP contribution in [0.4, 0.5) is 82.9 Å². The molecule has 48 heavy (non-hydrogen) atoms. The molecule has 0 aromatic heterocycles. The zero-order chi connectivity index (χ0) is 37.4. The number of carbonyl (C=O) groups excluding carboxylic acids is 1. The maximum absolute atomic E-state index is 14.1. The Labute approximate surface area is 258 Å². The van der Waals surface area contributed by atoms with Gasteiger partial charge in [-0.05, 0) is 49.4 Å². The number of azo groups is 1. The summed E-state index contributed by atoms with van der Waals surface area (Å²) in [6.07, 6.45) is -7.73. The van der Waals surface area contributed by atoms with Crippen molar-refractivity contribution in [2.24, 2.45) is 10.2 Å². The number of hydrogen-bond acceptors (Lipinski definition) is 5. The Bertz CT molecular complexity index is 1530. The Morgan fingerprint density at radius 2 is 1.21 bits per heavy atom. The smallest absolute Gasteiger partial charge is 0.370 e. The van der Waals surface area contributed by atoms with Gasteiger partial charge in [0.2, 0.25) is 0 Å². The lowest BCUT2D eigenvalue weighted by molar-refractivity contribution is -0.449. The highest BCUT2D eigenvalue weighted by Gasteiger charge is 2.94. The molecule has 2 rings (SSSR count). The number of nitrogens with one attached hydrogen (secondary N) is 1. The van der Waals surface area contributed by atoms with Crippen molar-refractivity contribution >= 4 is 35.9 Å². The van der Waals surface area contributed by atoms with Gasteiger partial charge in [0.1, 0.15) is 0 Å². The van der Waals surface area contributed by atoms with Gasteiger partial charge in [0.05, 0.1) is 16.7 Å². The van der Waals surface area contributed by atoms with E-state index >= 15 is 0 Å². The number of halogens is 15. The Morgan fingerprint density at radius 1 is 0.729 bits per heavy atom. The minimum atomic E-state index is -8.50. The molecule has 0 aliphatic carbocycles. The lowest BCUT2D eigenvalue weighted by atomic mass is 9.91. The molecule has 2 aromatic rings. The number of nitrogens with zero attached hydrogens (tertiary/aromatic N) is 3. The summed E-state index contributed by atoms with van der Waals surface area (Å²) >= 11 is 0. The first kappa shape index (κ1) is 40.6. The fourth-order valence-electron chi connectivity index (χ4n) is 3.58. The molecule has 2 aromatic carbocycles. The van der Waals surface area contributed by atoms with E-state index in [2.05, 4.69) is 10.2 Å². The van der Waals surface area contributed by atoms with Crippen LogP contribution in [0.1, 0.15) is 6.92 Å². The molecular formula is C24H20F15N4O4P. The average molecular weight is 744 g/mol. The van der Waals surface area contributed by atoms with Crippen LogP contribution in [0.25, 0.3) is 0 Å². The van der Waals surface area contributed by atoms with Crippen LogP contribution in [0.3, 0.4) is 0 Å². The number of rotatable bonds is 14. The minimum absolute atomic E-state index is 0.0365. The predicted molar refractivity (Wildman–Crippen MR) is 135 cm³/mol. The van der Waals surface area contributed by atoms with Crippen LogP contribution in [0, 0.1) is 0 Å². The topological polar surface area (TPSA) is 115 Å². The number of alkyl halides is 15. The third kappa shape index (κ3) is 7.36. The van der Waals surface area contributed by atoms with Gasteiger partial charge >= 0.3 is 49.3 Å². The predicted octanol–water partition coefficient (Wildman–Crippen LogP) is 7.22. The van der Waals surface area contributed by atoms with Gasteiger partial charge in [0, 0.05) is 25.3 Å². The van der Waals surface area contributed by atoms with Gasteiger partial charge in [-0.3, -0.25) is 9.36 Å². The molecule has 1 amide bonds. The molecule has 0 bridgehead atoms. The number of benzene rings is 2. The molecule has 3 N–H and O–H groups in total. The molecule has 0 spiro atoms. The maximum atomic E-state index is 14.1. The van der Waals surface area contributed by atoms with Gasteiger partial charge in [-0.25, -0.2) is 0 Å². The number of likely N-dealkylation sites (N-methyl/N-ethyl adjacent to an activating group) is 1. The Balaban J connectivity index is 2.17. The summed E-state index contributed by atoms with van der Waals surface area (Å²) in [7, 11) is -4.59. The summed E-state index contributed by atoms with van der Waals surface area (Å²) in [6, 6.07) is 10.0. The molecule has 0 aliphatic heterocycles. The first-order valence-corrected chi connectivity index (χ1v) is 14.2. The van der Waals surface area contributed by atoms with E-state index in [-0.39, 0.29) is 28.9 Å². The van der Waals surface area contributed by atoms with Crippen molar-refractivity contribution in [3.8, 4) is 0 Å². The highest BCUT2D eigenvalue weighted by atomic mass is 31.2. The molecule has 270 valence electrons. The molecule has 0 saturated heterocycles. The van der Waals surface area contributed by atoms with Gasteiger partial charge in [0.15, 0.2) is 0 Å². The van der Waals surface area contributed by atoms with Crippen LogP contribution in [0.15, 0.2) is 58.8 Å². The summed E-state index contributed by atoms with van der Waals surface area (Å²) < 4.78 is 212. The second kappa shape index (κ2) is 13.4. The molecule has 24 heteroatoms. The van der Waals surface area contributed by atoms with Crippen LogP contribution < -0.4 is 15.5 Å². The van der Waals surface area contributed by atoms with Crippen LogP contribution in [0.5, 0.6) is 0 Å². The van der Waals surface area contributed by atoms with Crippen molar-refractivity contribution < 1.29 is 85.0 Å². The van der Waals surface area contributed by atoms with Crippen LogP contribution >= 0.6 is 7.60 Å². The fraction of sp³-hybridized carbons (Fsp3) is 0.458. The molecule has 0 unspecified atom stereocenters. The number of anilines is 1. The van der Waals surface area contributed by atoms with Gasteiger partial charge in [-0.1, -0.05) is 6.07 Å². The summed E-state index contributed by atoms with van der Waals surface area (Å²) in [6.45, 7) is -0.376. The summed E-state index contributed by atoms with van der Waals surface area (Å²) in [4.78, 5) is 31.3. The van der Waals surface area contributed by atoms with Crippen molar-refractivity contribution in [2.75, 3.05) is 24.5 Å². The van der Waals surface area contributed by atoms with Crippen LogP contribution in [-0.2, 0) is 9.36 Å². The second-order valence-corrected chi connectivity index (χ2v) is 11.2. The van der Waals surface area contributed by atoms with E-state index in [1.807, 2.05) is 0 Å². The van der Waals surface area contributed by atoms with Gasteiger partial charge < -0.3 is 20.0 Å². The summed E-state index contributed by atoms with van der Waals surface area (Å²) in [5, 5.41) is 8.21. The first-order chi connectivity index (χ1) is 21.5. The lowest BCUT2D eigenvalue weighted by Crippen LogP contribution is -2.74. The molecule has 0 saturated carbocycles. The van der Waals surface area contributed by atoms with E-state index in [4.69, 9.17) is 0 Å². The molecule has 0 atom stereocenters. The zero-order valence-electron chi connectivity index (χ0n) is 23.4.